The number of ether oxygens (including phenoxy) is 1. The van der Waals surface area contributed by atoms with Gasteiger partial charge < -0.3 is 20.7 Å². The number of nitrogens with zero attached hydrogens (tertiary/aromatic N) is 2. The molecule has 0 spiro atoms. The first-order valence-corrected chi connectivity index (χ1v) is 7.88. The third-order valence-electron chi connectivity index (χ3n) is 2.76. The lowest BCUT2D eigenvalue weighted by molar-refractivity contribution is -0.153. The van der Waals surface area contributed by atoms with Crippen LogP contribution in [0.4, 0.5) is 0 Å². The largest absolute Gasteiger partial charge is 0.392 e. The average Bonchev–Trinajstić information content (AvgIpc) is 2.35. The second-order valence-electron chi connectivity index (χ2n) is 5.34. The second-order valence-corrected chi connectivity index (χ2v) is 6.86. The topological polar surface area (TPSA) is 103 Å². The summed E-state index contributed by atoms with van der Waals surface area (Å²) in [6, 6.07) is 2.46. The van der Waals surface area contributed by atoms with Crippen molar-refractivity contribution in [3.63, 3.8) is 0 Å². The number of rotatable bonds is 10. The Morgan fingerprint density at radius 1 is 1.35 bits per heavy atom. The number of aliphatic hydroxyl groups is 2. The van der Waals surface area contributed by atoms with E-state index in [-0.39, 0.29) is 46.8 Å². The Morgan fingerprint density at radius 2 is 1.90 bits per heavy atom. The molecule has 0 rings (SSSR count). The minimum atomic E-state index is -1.47. The van der Waals surface area contributed by atoms with E-state index in [0.717, 1.165) is 0 Å². The van der Waals surface area contributed by atoms with Crippen LogP contribution in [-0.2, 0) is 4.74 Å². The minimum absolute atomic E-state index is 0.0232. The Morgan fingerprint density at radius 3 is 2.30 bits per heavy atom. The van der Waals surface area contributed by atoms with E-state index in [0.29, 0.717) is 0 Å². The molecule has 0 radical (unpaired) electrons. The summed E-state index contributed by atoms with van der Waals surface area (Å²) in [6.07, 6.45) is -0.575. The van der Waals surface area contributed by atoms with Gasteiger partial charge in [0.05, 0.1) is 25.2 Å². The zero-order valence-corrected chi connectivity index (χ0v) is 13.8. The molecule has 4 N–H and O–H groups in total. The minimum Gasteiger partial charge on any atom is -0.392 e. The summed E-state index contributed by atoms with van der Waals surface area (Å²) in [5, 5.41) is 28.9. The van der Waals surface area contributed by atoms with E-state index in [1.165, 1.54) is 0 Å². The SMILES string of the molecule is CC(C)N(P[C@](O)(CC(O)CN)OCCC#N)C(C)C. The van der Waals surface area contributed by atoms with Crippen LogP contribution in [0.5, 0.6) is 0 Å². The van der Waals surface area contributed by atoms with Gasteiger partial charge in [0, 0.05) is 33.8 Å². The van der Waals surface area contributed by atoms with Crippen molar-refractivity contribution in [3.8, 4) is 6.07 Å². The first-order valence-electron chi connectivity index (χ1n) is 6.93. The Labute approximate surface area is 123 Å². The van der Waals surface area contributed by atoms with Crippen LogP contribution in [0.25, 0.3) is 0 Å². The van der Waals surface area contributed by atoms with Gasteiger partial charge in [0.2, 0.25) is 0 Å². The van der Waals surface area contributed by atoms with Crippen molar-refractivity contribution in [2.24, 2.45) is 5.73 Å². The molecule has 0 aliphatic rings. The molecule has 20 heavy (non-hydrogen) atoms. The lowest BCUT2D eigenvalue weighted by atomic mass is 10.2. The zero-order chi connectivity index (χ0) is 15.8. The molecule has 0 heterocycles. The summed E-state index contributed by atoms with van der Waals surface area (Å²) in [6.45, 7) is 8.38. The van der Waals surface area contributed by atoms with E-state index in [9.17, 15) is 10.2 Å². The highest BCUT2D eigenvalue weighted by Gasteiger charge is 2.34. The van der Waals surface area contributed by atoms with E-state index in [1.807, 2.05) is 33.8 Å². The molecule has 0 aromatic heterocycles. The number of nitriles is 1. The monoisotopic (exact) mass is 305 g/mol. The van der Waals surface area contributed by atoms with Crippen LogP contribution in [0.2, 0.25) is 0 Å². The van der Waals surface area contributed by atoms with Crippen LogP contribution in [0.1, 0.15) is 40.5 Å². The lowest BCUT2D eigenvalue weighted by Crippen LogP contribution is -2.41. The van der Waals surface area contributed by atoms with Crippen molar-refractivity contribution in [2.45, 2.75) is 64.3 Å². The summed E-state index contributed by atoms with van der Waals surface area (Å²) in [4.78, 5) is 0. The molecule has 0 fully saturated rings. The molecule has 118 valence electrons. The molecule has 0 aromatic carbocycles. The lowest BCUT2D eigenvalue weighted by Gasteiger charge is -2.39. The summed E-state index contributed by atoms with van der Waals surface area (Å²) >= 11 is 0. The number of nitrogens with two attached hydrogens (primary N) is 1. The molecule has 2 unspecified atom stereocenters. The van der Waals surface area contributed by atoms with Gasteiger partial charge in [-0.2, -0.15) is 5.26 Å². The molecule has 0 aliphatic carbocycles. The van der Waals surface area contributed by atoms with Gasteiger partial charge in [-0.3, -0.25) is 4.67 Å². The van der Waals surface area contributed by atoms with Crippen LogP contribution in [0, 0.1) is 11.3 Å². The predicted octanol–water partition coefficient (Wildman–Crippen LogP) is 0.985. The quantitative estimate of drug-likeness (QED) is 0.316. The van der Waals surface area contributed by atoms with Crippen molar-refractivity contribution < 1.29 is 14.9 Å². The number of hydrogen-bond acceptors (Lipinski definition) is 6. The van der Waals surface area contributed by atoms with E-state index < -0.39 is 11.6 Å². The van der Waals surface area contributed by atoms with E-state index >= 15 is 0 Å². The standard InChI is InChI=1S/C13H28N3O3P/c1-10(2)16(11(3)4)20-13(18,8-12(17)9-15)19-7-5-6-14/h10-12,17-18,20H,5,7-9,15H2,1-4H3/t12?,13-/m0/s1. The normalized spacial score (nSPS) is 17.1. The molecule has 7 heteroatoms. The van der Waals surface area contributed by atoms with Gasteiger partial charge in [-0.1, -0.05) is 0 Å². The first kappa shape index (κ1) is 19.7. The van der Waals surface area contributed by atoms with Crippen molar-refractivity contribution in [2.75, 3.05) is 13.2 Å². The molecule has 0 saturated carbocycles. The molecule has 6 nitrogen and oxygen atoms in total. The van der Waals surface area contributed by atoms with Crippen LogP contribution in [0.15, 0.2) is 0 Å². The summed E-state index contributed by atoms with van der Waals surface area (Å²) in [5.41, 5.74) is 3.94. The summed E-state index contributed by atoms with van der Waals surface area (Å²) in [7, 11) is -0.0232. The Kier molecular flexibility index (Phi) is 9.48. The predicted molar refractivity (Wildman–Crippen MR) is 81.2 cm³/mol. The maximum atomic E-state index is 10.6. The molecule has 0 bridgehead atoms. The maximum absolute atomic E-state index is 10.6. The van der Waals surface area contributed by atoms with Crippen molar-refractivity contribution in [1.82, 2.24) is 4.67 Å². The highest BCUT2D eigenvalue weighted by molar-refractivity contribution is 7.36. The fourth-order valence-electron chi connectivity index (χ4n) is 1.86. The third kappa shape index (κ3) is 7.49. The Bertz CT molecular complexity index is 302. The first-order chi connectivity index (χ1) is 9.25. The molecule has 0 amide bonds. The number of aliphatic hydroxyl groups excluding tert-OH is 1. The third-order valence-corrected chi connectivity index (χ3v) is 4.74. The van der Waals surface area contributed by atoms with Crippen LogP contribution >= 0.6 is 8.73 Å². The smallest absolute Gasteiger partial charge is 0.197 e. The highest BCUT2D eigenvalue weighted by atomic mass is 31.1. The maximum Gasteiger partial charge on any atom is 0.197 e. The van der Waals surface area contributed by atoms with Crippen LogP contribution < -0.4 is 5.73 Å². The molecular weight excluding hydrogens is 277 g/mol. The van der Waals surface area contributed by atoms with E-state index in [2.05, 4.69) is 4.67 Å². The van der Waals surface area contributed by atoms with E-state index in [4.69, 9.17) is 15.7 Å². The van der Waals surface area contributed by atoms with Crippen molar-refractivity contribution in [3.05, 3.63) is 0 Å². The zero-order valence-electron chi connectivity index (χ0n) is 12.8. The fraction of sp³-hybridized carbons (Fsp3) is 0.923. The summed E-state index contributed by atoms with van der Waals surface area (Å²) in [5.74, 6) is 0. The van der Waals surface area contributed by atoms with Gasteiger partial charge >= 0.3 is 0 Å². The Balaban J connectivity index is 4.85. The van der Waals surface area contributed by atoms with Crippen LogP contribution in [0.3, 0.4) is 0 Å². The van der Waals surface area contributed by atoms with Crippen molar-refractivity contribution in [1.29, 1.82) is 5.26 Å². The molecular formula is C13H28N3O3P. The molecule has 0 aliphatic heterocycles. The fourth-order valence-corrected chi connectivity index (χ4v) is 3.27. The Hall–Kier alpha value is -0.280. The van der Waals surface area contributed by atoms with Gasteiger partial charge in [-0.05, 0) is 27.7 Å². The number of hydrogen-bond donors (Lipinski definition) is 3. The van der Waals surface area contributed by atoms with Gasteiger partial charge in [0.15, 0.2) is 5.53 Å². The molecule has 0 aromatic rings. The van der Waals surface area contributed by atoms with Crippen molar-refractivity contribution >= 4 is 8.73 Å². The van der Waals surface area contributed by atoms with Gasteiger partial charge in [0.1, 0.15) is 0 Å². The van der Waals surface area contributed by atoms with Gasteiger partial charge in [0.25, 0.3) is 0 Å². The summed E-state index contributed by atoms with van der Waals surface area (Å²) < 4.78 is 7.57. The van der Waals surface area contributed by atoms with E-state index in [1.54, 1.807) is 0 Å². The highest BCUT2D eigenvalue weighted by Crippen LogP contribution is 2.40. The second kappa shape index (κ2) is 9.62. The molecule has 3 atom stereocenters. The van der Waals surface area contributed by atoms with Gasteiger partial charge in [-0.25, -0.2) is 0 Å². The average molecular weight is 305 g/mol. The molecule has 0 saturated heterocycles. The van der Waals surface area contributed by atoms with Gasteiger partial charge in [-0.15, -0.1) is 0 Å². The van der Waals surface area contributed by atoms with Crippen LogP contribution in [-0.4, -0.2) is 51.8 Å².